The van der Waals surface area contributed by atoms with E-state index >= 15 is 0 Å². The van der Waals surface area contributed by atoms with Crippen molar-refractivity contribution >= 4 is 74.4 Å². The van der Waals surface area contributed by atoms with Crippen LogP contribution < -0.4 is 20.4 Å². The number of rotatable bonds is 6. The smallest absolute Gasteiger partial charge is 0.253 e. The van der Waals surface area contributed by atoms with E-state index in [-0.39, 0.29) is 5.91 Å². The lowest BCUT2D eigenvalue weighted by Gasteiger charge is -2.46. The summed E-state index contributed by atoms with van der Waals surface area (Å²) in [7, 11) is 0. The highest BCUT2D eigenvalue weighted by Gasteiger charge is 2.44. The predicted molar refractivity (Wildman–Crippen MR) is 284 cm³/mol. The van der Waals surface area contributed by atoms with Crippen LogP contribution in [0.25, 0.3) is 0 Å². The molecule has 6 aromatic rings. The van der Waals surface area contributed by atoms with Crippen LogP contribution >= 0.6 is 39.5 Å². The molecular weight excluding hydrogens is 977 g/mol. The molecule has 4 unspecified atom stereocenters. The van der Waals surface area contributed by atoms with E-state index in [1.807, 2.05) is 34.7 Å². The van der Waals surface area contributed by atoms with Crippen molar-refractivity contribution < 1.29 is 18.4 Å². The fraction of sp³-hybridized carbons (Fsp3) is 0.404. The first-order valence-corrected chi connectivity index (χ1v) is 27.9. The van der Waals surface area contributed by atoms with E-state index < -0.39 is 0 Å². The number of hydrogen-bond donors (Lipinski definition) is 2. The highest BCUT2D eigenvalue weighted by Crippen LogP contribution is 2.53. The Labute approximate surface area is 429 Å². The summed E-state index contributed by atoms with van der Waals surface area (Å²) in [5, 5.41) is 7.00. The Kier molecular flexibility index (Phi) is 14.9. The number of fused-ring (bicyclic) bond motifs is 8. The Morgan fingerprint density at radius 1 is 0.629 bits per heavy atom. The van der Waals surface area contributed by atoms with Crippen molar-refractivity contribution in [1.29, 1.82) is 0 Å². The molecule has 0 radical (unpaired) electrons. The first kappa shape index (κ1) is 47.6. The predicted octanol–water partition coefficient (Wildman–Crippen LogP) is 13.1. The van der Waals surface area contributed by atoms with Gasteiger partial charge >= 0.3 is 0 Å². The van der Waals surface area contributed by atoms with Crippen LogP contribution in [-0.4, -0.2) is 84.4 Å². The fourth-order valence-corrected chi connectivity index (χ4v) is 14.8. The van der Waals surface area contributed by atoms with E-state index in [0.29, 0.717) is 41.8 Å². The van der Waals surface area contributed by atoms with Crippen molar-refractivity contribution in [2.24, 2.45) is 0 Å². The normalized spacial score (nSPS) is 24.7. The van der Waals surface area contributed by atoms with Crippen molar-refractivity contribution in [3.05, 3.63) is 143 Å². The lowest BCUT2D eigenvalue weighted by Crippen LogP contribution is -2.49. The lowest BCUT2D eigenvalue weighted by molar-refractivity contribution is 0.0792. The summed E-state index contributed by atoms with van der Waals surface area (Å²) in [6.07, 6.45) is 22.4. The molecule has 2 aromatic heterocycles. The molecule has 0 aliphatic carbocycles. The van der Waals surface area contributed by atoms with Crippen molar-refractivity contribution in [1.82, 2.24) is 20.4 Å². The number of benzene rings is 4. The molecule has 14 rings (SSSR count). The van der Waals surface area contributed by atoms with Gasteiger partial charge in [-0.2, -0.15) is 0 Å². The van der Waals surface area contributed by atoms with Gasteiger partial charge in [-0.3, -0.25) is 14.5 Å². The standard InChI is InChI=1S/C29H31N3O2S.C19H19BrN2S.C5H4O2.C4H9N/c33-29(30-12-3-4-13-30)21-7-10-26-28(15-21)35-27-6-2-1-5-25(27)32(26)24-16-22-8-9-23(17-24)31(22)18-20-11-14-34-19-20;20-12-5-8-17-19(9-12)23-18-4-2-1-3-16(18)22(17)15-10-13-6-7-14(11-15)21-13;6-3-5-1-2-7-4-5;1-2-4-5-3-1/h1-2,5-7,10-11,14-15,19,22-24H,3-4,8-9,12-13,16-18H2;1-5,8-9,13-15,21H,6-7,10-11H2;1-4H;5H,1-4H2. The monoisotopic (exact) mass is 1040 g/mol. The number of aldehydes is 1. The minimum atomic E-state index is 0.182. The molecule has 0 spiro atoms. The molecule has 6 saturated heterocycles. The van der Waals surface area contributed by atoms with Gasteiger partial charge in [0.2, 0.25) is 0 Å². The Bertz CT molecular complexity index is 2690. The van der Waals surface area contributed by atoms with E-state index in [9.17, 15) is 9.59 Å². The molecule has 4 aromatic carbocycles. The Balaban J connectivity index is 0.000000129. The van der Waals surface area contributed by atoms with Gasteiger partial charge in [0.25, 0.3) is 5.91 Å². The molecule has 0 saturated carbocycles. The zero-order valence-electron chi connectivity index (χ0n) is 39.7. The average Bonchev–Trinajstić information content (AvgIpc) is 4.27. The van der Waals surface area contributed by atoms with E-state index in [0.717, 1.165) is 48.8 Å². The number of carbonyl (C=O) groups excluding carboxylic acids is 2. The van der Waals surface area contributed by atoms with E-state index in [1.54, 1.807) is 12.3 Å². The molecule has 10 heterocycles. The van der Waals surface area contributed by atoms with Crippen LogP contribution in [0, 0.1) is 0 Å². The molecule has 2 N–H and O–H groups in total. The Hall–Kier alpha value is -4.76. The molecule has 1 amide bonds. The number of piperidine rings is 2. The van der Waals surface area contributed by atoms with Crippen LogP contribution in [0.2, 0.25) is 0 Å². The maximum atomic E-state index is 13.1. The van der Waals surface area contributed by atoms with E-state index in [4.69, 9.17) is 4.42 Å². The maximum absolute atomic E-state index is 13.1. The molecular formula is C57H63BrN6O4S2. The maximum Gasteiger partial charge on any atom is 0.253 e. The number of halogens is 1. The number of carbonyl (C=O) groups is 2. The molecule has 8 aliphatic rings. The number of amides is 1. The van der Waals surface area contributed by atoms with Crippen molar-refractivity contribution in [3.8, 4) is 0 Å². The first-order chi connectivity index (χ1) is 34.5. The van der Waals surface area contributed by atoms with Gasteiger partial charge < -0.3 is 34.2 Å². The van der Waals surface area contributed by atoms with Gasteiger partial charge in [0.05, 0.1) is 47.1 Å². The van der Waals surface area contributed by atoms with E-state index in [2.05, 4.69) is 137 Å². The average molecular weight is 1040 g/mol. The SMILES string of the molecule is Brc1ccc2c(c1)Sc1ccccc1N2C1CC2CCC(C1)N2.C1CCNC1.O=C(c1ccc2c(c1)Sc1ccccc1N2C1CC2CCC(C1)N2Cc1ccoc1)N1CCCC1.O=Cc1ccoc1. The molecule has 364 valence electrons. The number of nitrogens with zero attached hydrogens (tertiary/aromatic N) is 4. The number of para-hydroxylation sites is 2. The quantitative estimate of drug-likeness (QED) is 0.156. The minimum absolute atomic E-state index is 0.182. The molecule has 10 nitrogen and oxygen atoms in total. The number of hydrogen-bond acceptors (Lipinski definition) is 11. The molecule has 8 aliphatic heterocycles. The Morgan fingerprint density at radius 3 is 1.79 bits per heavy atom. The summed E-state index contributed by atoms with van der Waals surface area (Å²) >= 11 is 7.34. The molecule has 13 heteroatoms. The highest BCUT2D eigenvalue weighted by atomic mass is 79.9. The van der Waals surface area contributed by atoms with Gasteiger partial charge in [0, 0.05) is 91.1 Å². The van der Waals surface area contributed by atoms with Crippen molar-refractivity contribution in [3.63, 3.8) is 0 Å². The van der Waals surface area contributed by atoms with Crippen LogP contribution in [-0.2, 0) is 6.54 Å². The summed E-state index contributed by atoms with van der Waals surface area (Å²) in [5.74, 6) is 0.182. The largest absolute Gasteiger partial charge is 0.472 e. The highest BCUT2D eigenvalue weighted by molar-refractivity contribution is 9.10. The van der Waals surface area contributed by atoms with E-state index in [1.165, 1.54) is 138 Å². The minimum Gasteiger partial charge on any atom is -0.472 e. The third-order valence-electron chi connectivity index (χ3n) is 15.3. The van der Waals surface area contributed by atoms with Crippen LogP contribution in [0.15, 0.2) is 155 Å². The molecule has 6 fully saturated rings. The summed E-state index contributed by atoms with van der Waals surface area (Å²) < 4.78 is 11.1. The fourth-order valence-electron chi connectivity index (χ4n) is 12.1. The summed E-state index contributed by atoms with van der Waals surface area (Å²) in [6.45, 7) is 5.26. The number of likely N-dealkylation sites (tertiary alicyclic amines) is 1. The zero-order valence-corrected chi connectivity index (χ0v) is 42.9. The summed E-state index contributed by atoms with van der Waals surface area (Å²) in [4.78, 5) is 38.1. The van der Waals surface area contributed by atoms with Gasteiger partial charge in [0.15, 0.2) is 6.29 Å². The van der Waals surface area contributed by atoms with Gasteiger partial charge in [0.1, 0.15) is 6.26 Å². The van der Waals surface area contributed by atoms with Crippen LogP contribution in [0.3, 0.4) is 0 Å². The lowest BCUT2D eigenvalue weighted by atomic mass is 9.94. The third-order valence-corrected chi connectivity index (χ3v) is 18.1. The van der Waals surface area contributed by atoms with Gasteiger partial charge in [-0.05, 0) is 163 Å². The van der Waals surface area contributed by atoms with Crippen molar-refractivity contribution in [2.75, 3.05) is 36.0 Å². The van der Waals surface area contributed by atoms with Crippen molar-refractivity contribution in [2.45, 2.75) is 139 Å². The zero-order chi connectivity index (χ0) is 47.4. The second-order valence-corrected chi connectivity index (χ2v) is 23.0. The topological polar surface area (TPSA) is 97.4 Å². The van der Waals surface area contributed by atoms with Gasteiger partial charge in [-0.25, -0.2) is 0 Å². The van der Waals surface area contributed by atoms with Gasteiger partial charge in [-0.15, -0.1) is 0 Å². The Morgan fingerprint density at radius 2 is 1.21 bits per heavy atom. The van der Waals surface area contributed by atoms with Crippen LogP contribution in [0.5, 0.6) is 0 Å². The molecule has 4 bridgehead atoms. The first-order valence-electron chi connectivity index (χ1n) is 25.5. The molecule has 4 atom stereocenters. The summed E-state index contributed by atoms with van der Waals surface area (Å²) in [6, 6.07) is 38.2. The molecule has 70 heavy (non-hydrogen) atoms. The number of furan rings is 2. The number of nitrogens with one attached hydrogen (secondary N) is 2. The summed E-state index contributed by atoms with van der Waals surface area (Å²) in [5.41, 5.74) is 8.03. The number of anilines is 4. The third kappa shape index (κ3) is 10.4. The van der Waals surface area contributed by atoms with Crippen LogP contribution in [0.1, 0.15) is 103 Å². The second kappa shape index (κ2) is 21.9. The van der Waals surface area contributed by atoms with Crippen LogP contribution in [0.4, 0.5) is 22.7 Å². The van der Waals surface area contributed by atoms with Gasteiger partial charge in [-0.1, -0.05) is 63.7 Å². The second-order valence-electron chi connectivity index (χ2n) is 19.9.